The van der Waals surface area contributed by atoms with Crippen molar-refractivity contribution in [1.29, 1.82) is 0 Å². The Morgan fingerprint density at radius 1 is 1.39 bits per heavy atom. The number of aliphatic hydroxyl groups is 2. The predicted molar refractivity (Wildman–Crippen MR) is 66.7 cm³/mol. The Kier molecular flexibility index (Phi) is 6.82. The second kappa shape index (κ2) is 8.16. The average Bonchev–Trinajstić information content (AvgIpc) is 2.39. The van der Waals surface area contributed by atoms with Crippen LogP contribution in [0.5, 0.6) is 0 Å². The minimum Gasteiger partial charge on any atom is -0.395 e. The molecule has 0 radical (unpaired) electrons. The highest BCUT2D eigenvalue weighted by molar-refractivity contribution is 5.19. The van der Waals surface area contributed by atoms with Crippen LogP contribution in [0.25, 0.3) is 0 Å². The third-order valence-electron chi connectivity index (χ3n) is 2.75. The Balaban J connectivity index is 2.44. The van der Waals surface area contributed by atoms with Crippen LogP contribution in [-0.2, 0) is 4.74 Å². The number of hydrogen-bond acceptors (Lipinski definition) is 4. The topological polar surface area (TPSA) is 61.7 Å². The van der Waals surface area contributed by atoms with Gasteiger partial charge in [0.05, 0.1) is 12.7 Å². The molecule has 0 aromatic heterocycles. The summed E-state index contributed by atoms with van der Waals surface area (Å²) in [6.07, 6.45) is -0.292. The lowest BCUT2D eigenvalue weighted by molar-refractivity contribution is 0.135. The van der Waals surface area contributed by atoms with Gasteiger partial charge in [0.2, 0.25) is 0 Å². The lowest BCUT2D eigenvalue weighted by Crippen LogP contribution is -2.36. The summed E-state index contributed by atoms with van der Waals surface area (Å²) in [5, 5.41) is 22.0. The van der Waals surface area contributed by atoms with Gasteiger partial charge in [-0.05, 0) is 12.5 Å². The van der Waals surface area contributed by atoms with E-state index in [1.165, 1.54) is 6.07 Å². The Labute approximate surface area is 106 Å². The molecule has 2 unspecified atom stereocenters. The summed E-state index contributed by atoms with van der Waals surface area (Å²) in [7, 11) is 1.59. The van der Waals surface area contributed by atoms with Crippen LogP contribution in [0.3, 0.4) is 0 Å². The van der Waals surface area contributed by atoms with Crippen molar-refractivity contribution in [2.75, 3.05) is 26.9 Å². The number of methoxy groups -OCH3 is 1. The second-order valence-electron chi connectivity index (χ2n) is 4.11. The highest BCUT2D eigenvalue weighted by Crippen LogP contribution is 2.15. The van der Waals surface area contributed by atoms with Crippen LogP contribution in [-0.4, -0.2) is 43.1 Å². The molecule has 0 spiro atoms. The van der Waals surface area contributed by atoms with Crippen molar-refractivity contribution >= 4 is 0 Å². The molecule has 4 nitrogen and oxygen atoms in total. The average molecular weight is 257 g/mol. The Morgan fingerprint density at radius 3 is 2.72 bits per heavy atom. The standard InChI is InChI=1S/C13H20FNO3/c1-18-7-6-10(9-16)15-8-13(17)11-4-2-3-5-12(11)14/h2-5,10,13,15-17H,6-9H2,1H3. The highest BCUT2D eigenvalue weighted by Gasteiger charge is 2.14. The molecule has 2 atom stereocenters. The Morgan fingerprint density at radius 2 is 2.11 bits per heavy atom. The first-order valence-electron chi connectivity index (χ1n) is 5.94. The smallest absolute Gasteiger partial charge is 0.129 e. The van der Waals surface area contributed by atoms with Gasteiger partial charge < -0.3 is 20.3 Å². The molecule has 0 aliphatic heterocycles. The first kappa shape index (κ1) is 15.0. The summed E-state index contributed by atoms with van der Waals surface area (Å²) in [5.74, 6) is -0.427. The molecule has 5 heteroatoms. The summed E-state index contributed by atoms with van der Waals surface area (Å²) < 4.78 is 18.3. The van der Waals surface area contributed by atoms with E-state index in [4.69, 9.17) is 9.84 Å². The van der Waals surface area contributed by atoms with Crippen LogP contribution in [0.2, 0.25) is 0 Å². The molecular weight excluding hydrogens is 237 g/mol. The van der Waals surface area contributed by atoms with Gasteiger partial charge in [0.15, 0.2) is 0 Å². The van der Waals surface area contributed by atoms with Crippen LogP contribution >= 0.6 is 0 Å². The molecule has 0 heterocycles. The number of rotatable bonds is 8. The predicted octanol–water partition coefficient (Wildman–Crippen LogP) is 0.846. The van der Waals surface area contributed by atoms with Crippen molar-refractivity contribution in [1.82, 2.24) is 5.32 Å². The van der Waals surface area contributed by atoms with Crippen LogP contribution in [0.15, 0.2) is 24.3 Å². The van der Waals surface area contributed by atoms with E-state index in [1.807, 2.05) is 0 Å². The van der Waals surface area contributed by atoms with E-state index in [2.05, 4.69) is 5.32 Å². The van der Waals surface area contributed by atoms with E-state index in [0.29, 0.717) is 13.0 Å². The minimum atomic E-state index is -0.928. The van der Waals surface area contributed by atoms with Gasteiger partial charge in [0.1, 0.15) is 5.82 Å². The molecule has 0 bridgehead atoms. The molecule has 102 valence electrons. The lowest BCUT2D eigenvalue weighted by Gasteiger charge is -2.19. The number of hydrogen-bond donors (Lipinski definition) is 3. The first-order valence-corrected chi connectivity index (χ1v) is 5.94. The van der Waals surface area contributed by atoms with Crippen LogP contribution < -0.4 is 5.32 Å². The van der Waals surface area contributed by atoms with Gasteiger partial charge in [-0.3, -0.25) is 0 Å². The SMILES string of the molecule is COCCC(CO)NCC(O)c1ccccc1F. The minimum absolute atomic E-state index is 0.0483. The van der Waals surface area contributed by atoms with E-state index in [9.17, 15) is 9.50 Å². The van der Waals surface area contributed by atoms with E-state index >= 15 is 0 Å². The summed E-state index contributed by atoms with van der Waals surface area (Å²) in [6, 6.07) is 5.95. The molecule has 0 amide bonds. The molecule has 0 saturated heterocycles. The number of aliphatic hydroxyl groups excluding tert-OH is 2. The van der Waals surface area contributed by atoms with Crippen molar-refractivity contribution in [2.24, 2.45) is 0 Å². The van der Waals surface area contributed by atoms with Gasteiger partial charge in [0, 0.05) is 31.9 Å². The molecule has 0 aliphatic carbocycles. The highest BCUT2D eigenvalue weighted by atomic mass is 19.1. The van der Waals surface area contributed by atoms with Gasteiger partial charge in [-0.15, -0.1) is 0 Å². The second-order valence-corrected chi connectivity index (χ2v) is 4.11. The van der Waals surface area contributed by atoms with Gasteiger partial charge in [-0.2, -0.15) is 0 Å². The molecule has 0 saturated carbocycles. The number of ether oxygens (including phenoxy) is 1. The van der Waals surface area contributed by atoms with Gasteiger partial charge in [-0.1, -0.05) is 18.2 Å². The molecule has 1 rings (SSSR count). The van der Waals surface area contributed by atoms with Gasteiger partial charge in [-0.25, -0.2) is 4.39 Å². The van der Waals surface area contributed by atoms with Crippen molar-refractivity contribution in [2.45, 2.75) is 18.6 Å². The molecule has 1 aromatic rings. The quantitative estimate of drug-likeness (QED) is 0.646. The van der Waals surface area contributed by atoms with Gasteiger partial charge in [0.25, 0.3) is 0 Å². The number of benzene rings is 1. The van der Waals surface area contributed by atoms with Gasteiger partial charge >= 0.3 is 0 Å². The fourth-order valence-electron chi connectivity index (χ4n) is 1.65. The monoisotopic (exact) mass is 257 g/mol. The third kappa shape index (κ3) is 4.70. The zero-order valence-corrected chi connectivity index (χ0v) is 10.5. The fourth-order valence-corrected chi connectivity index (χ4v) is 1.65. The maximum Gasteiger partial charge on any atom is 0.129 e. The Hall–Kier alpha value is -1.01. The zero-order chi connectivity index (χ0) is 13.4. The molecule has 0 aliphatic rings. The normalized spacial score (nSPS) is 14.4. The third-order valence-corrected chi connectivity index (χ3v) is 2.75. The van der Waals surface area contributed by atoms with Crippen LogP contribution in [0, 0.1) is 5.82 Å². The lowest BCUT2D eigenvalue weighted by atomic mass is 10.1. The van der Waals surface area contributed by atoms with E-state index in [0.717, 1.165) is 0 Å². The van der Waals surface area contributed by atoms with E-state index < -0.39 is 11.9 Å². The zero-order valence-electron chi connectivity index (χ0n) is 10.5. The summed E-state index contributed by atoms with van der Waals surface area (Å²) in [6.45, 7) is 0.664. The summed E-state index contributed by atoms with van der Waals surface area (Å²) in [5.41, 5.74) is 0.258. The first-order chi connectivity index (χ1) is 8.69. The molecule has 1 aromatic carbocycles. The molecular formula is C13H20FNO3. The van der Waals surface area contributed by atoms with E-state index in [1.54, 1.807) is 25.3 Å². The van der Waals surface area contributed by atoms with Crippen molar-refractivity contribution in [3.63, 3.8) is 0 Å². The maximum atomic E-state index is 13.4. The van der Waals surface area contributed by atoms with E-state index in [-0.39, 0.29) is 24.8 Å². The molecule has 0 fully saturated rings. The number of nitrogens with one attached hydrogen (secondary N) is 1. The maximum absolute atomic E-state index is 13.4. The van der Waals surface area contributed by atoms with Crippen molar-refractivity contribution in [3.05, 3.63) is 35.6 Å². The van der Waals surface area contributed by atoms with Crippen molar-refractivity contribution in [3.8, 4) is 0 Å². The fraction of sp³-hybridized carbons (Fsp3) is 0.538. The van der Waals surface area contributed by atoms with Crippen molar-refractivity contribution < 1.29 is 19.3 Å². The Bertz CT molecular complexity index is 349. The van der Waals surface area contributed by atoms with Crippen LogP contribution in [0.1, 0.15) is 18.1 Å². The number of halogens is 1. The molecule has 3 N–H and O–H groups in total. The largest absolute Gasteiger partial charge is 0.395 e. The molecule has 18 heavy (non-hydrogen) atoms. The van der Waals surface area contributed by atoms with Crippen LogP contribution in [0.4, 0.5) is 4.39 Å². The summed E-state index contributed by atoms with van der Waals surface area (Å²) >= 11 is 0. The summed E-state index contributed by atoms with van der Waals surface area (Å²) in [4.78, 5) is 0.